The molecule has 5 aromatic rings. The lowest BCUT2D eigenvalue weighted by molar-refractivity contribution is -0.136. The number of carbonyl (C=O) groups excluding carboxylic acids is 5. The van der Waals surface area contributed by atoms with Gasteiger partial charge in [0.2, 0.25) is 11.8 Å². The number of unbranched alkanes of at least 4 members (excludes halogenated alkanes) is 2. The molecule has 8 rings (SSSR count). The molecule has 0 bridgehead atoms. The second kappa shape index (κ2) is 19.6. The van der Waals surface area contributed by atoms with Gasteiger partial charge in [-0.15, -0.1) is 0 Å². The van der Waals surface area contributed by atoms with Crippen LogP contribution in [0.4, 0.5) is 5.82 Å². The average Bonchev–Trinajstić information content (AvgIpc) is 3.78. The number of Topliss-reactive ketones (excluding diaryl/α,β-unsaturated/α-hetero) is 1. The van der Waals surface area contributed by atoms with Crippen molar-refractivity contribution < 1.29 is 38.2 Å². The first-order valence-electron chi connectivity index (χ1n) is 21.3. The van der Waals surface area contributed by atoms with E-state index in [0.29, 0.717) is 31.2 Å². The maximum Gasteiger partial charge on any atom is 0.262 e. The number of hydrogen-bond donors (Lipinski definition) is 2. The summed E-state index contributed by atoms with van der Waals surface area (Å²) in [6.45, 7) is 4.63. The number of likely N-dealkylation sites (tertiary alicyclic amines) is 1. The Bertz CT molecular complexity index is 2430. The van der Waals surface area contributed by atoms with Gasteiger partial charge in [0.15, 0.2) is 11.4 Å². The normalized spacial score (nSPS) is 17.2. The van der Waals surface area contributed by atoms with Crippen molar-refractivity contribution in [2.75, 3.05) is 51.8 Å². The SMILES string of the molecule is Nc1ncnc2c1c(-c1ccc(Oc3ccccc3)cc1)nn2C1CCN(CCCCOCCCCOCC(=O)Cc2ccc3c(c2)C(=O)N(C2CCC(=O)NC2=O)C3=O)CC1. The number of nitrogen functional groups attached to an aromatic ring is 1. The summed E-state index contributed by atoms with van der Waals surface area (Å²) >= 11 is 0. The van der Waals surface area contributed by atoms with Crippen LogP contribution in [0.1, 0.15) is 83.7 Å². The average molecular weight is 843 g/mol. The summed E-state index contributed by atoms with van der Waals surface area (Å²) in [6, 6.07) is 21.3. The summed E-state index contributed by atoms with van der Waals surface area (Å²) in [4.78, 5) is 74.8. The lowest BCUT2D eigenvalue weighted by Crippen LogP contribution is -2.54. The molecule has 3 aliphatic rings. The van der Waals surface area contributed by atoms with Crippen LogP contribution in [0.2, 0.25) is 0 Å². The molecular weight excluding hydrogens is 793 g/mol. The highest BCUT2D eigenvalue weighted by molar-refractivity contribution is 6.23. The molecule has 0 aliphatic carbocycles. The van der Waals surface area contributed by atoms with E-state index in [9.17, 15) is 24.0 Å². The van der Waals surface area contributed by atoms with E-state index in [4.69, 9.17) is 25.0 Å². The third-order valence-corrected chi connectivity index (χ3v) is 11.5. The third-order valence-electron chi connectivity index (χ3n) is 11.5. The van der Waals surface area contributed by atoms with Gasteiger partial charge in [-0.25, -0.2) is 14.6 Å². The van der Waals surface area contributed by atoms with Crippen LogP contribution in [-0.4, -0.2) is 111 Å². The van der Waals surface area contributed by atoms with Gasteiger partial charge in [-0.3, -0.25) is 34.2 Å². The minimum Gasteiger partial charge on any atom is -0.457 e. The fourth-order valence-corrected chi connectivity index (χ4v) is 8.29. The summed E-state index contributed by atoms with van der Waals surface area (Å²) in [5.74, 6) is -0.503. The minimum atomic E-state index is -1.03. The van der Waals surface area contributed by atoms with Crippen molar-refractivity contribution in [2.45, 2.75) is 69.9 Å². The molecule has 2 aromatic heterocycles. The fourth-order valence-electron chi connectivity index (χ4n) is 8.29. The van der Waals surface area contributed by atoms with Crippen LogP contribution in [0.15, 0.2) is 79.1 Å². The van der Waals surface area contributed by atoms with Gasteiger partial charge in [0.05, 0.1) is 22.6 Å². The van der Waals surface area contributed by atoms with Gasteiger partial charge in [0, 0.05) is 51.3 Å². The predicted molar refractivity (Wildman–Crippen MR) is 228 cm³/mol. The van der Waals surface area contributed by atoms with E-state index in [0.717, 1.165) is 96.8 Å². The largest absolute Gasteiger partial charge is 0.457 e. The van der Waals surface area contributed by atoms with Crippen molar-refractivity contribution in [1.29, 1.82) is 0 Å². The van der Waals surface area contributed by atoms with Gasteiger partial charge in [-0.1, -0.05) is 24.3 Å². The van der Waals surface area contributed by atoms with Crippen molar-refractivity contribution >= 4 is 46.3 Å². The van der Waals surface area contributed by atoms with Gasteiger partial charge >= 0.3 is 0 Å². The molecule has 3 N–H and O–H groups in total. The number of amides is 4. The van der Waals surface area contributed by atoms with E-state index in [1.165, 1.54) is 18.5 Å². The van der Waals surface area contributed by atoms with Crippen LogP contribution < -0.4 is 15.8 Å². The lowest BCUT2D eigenvalue weighted by atomic mass is 10.0. The minimum absolute atomic E-state index is 0.0458. The summed E-state index contributed by atoms with van der Waals surface area (Å²) in [6.07, 6.45) is 7.19. The Kier molecular flexibility index (Phi) is 13.4. The van der Waals surface area contributed by atoms with Crippen LogP contribution in [0.5, 0.6) is 11.5 Å². The molecule has 3 aliphatic heterocycles. The Balaban J connectivity index is 0.691. The number of fused-ring (bicyclic) bond motifs is 2. The van der Waals surface area contributed by atoms with Crippen molar-refractivity contribution in [3.63, 3.8) is 0 Å². The van der Waals surface area contributed by atoms with E-state index < -0.39 is 29.7 Å². The Hall–Kier alpha value is -6.36. The van der Waals surface area contributed by atoms with Gasteiger partial charge in [0.1, 0.15) is 42.0 Å². The predicted octanol–water partition coefficient (Wildman–Crippen LogP) is 5.31. The molecule has 0 saturated carbocycles. The lowest BCUT2D eigenvalue weighted by Gasteiger charge is -2.32. The molecule has 5 heterocycles. The smallest absolute Gasteiger partial charge is 0.262 e. The van der Waals surface area contributed by atoms with Crippen molar-refractivity contribution in [3.8, 4) is 22.8 Å². The number of aromatic nitrogens is 4. The molecule has 322 valence electrons. The first-order chi connectivity index (χ1) is 30.2. The Morgan fingerprint density at radius 1 is 0.790 bits per heavy atom. The molecular formula is C46H50N8O8. The number of para-hydroxylation sites is 1. The number of hydrogen-bond acceptors (Lipinski definition) is 13. The second-order valence-corrected chi connectivity index (χ2v) is 15.9. The van der Waals surface area contributed by atoms with Crippen LogP contribution >= 0.6 is 0 Å². The maximum atomic E-state index is 13.1. The molecule has 0 spiro atoms. The fraction of sp³-hybridized carbons (Fsp3) is 0.391. The van der Waals surface area contributed by atoms with E-state index in [-0.39, 0.29) is 48.8 Å². The topological polar surface area (TPSA) is 201 Å². The molecule has 3 aromatic carbocycles. The van der Waals surface area contributed by atoms with E-state index in [2.05, 4.69) is 20.2 Å². The van der Waals surface area contributed by atoms with Gasteiger partial charge in [-0.05, 0) is 106 Å². The number of nitrogens with two attached hydrogens (primary N) is 1. The molecule has 2 saturated heterocycles. The number of imide groups is 2. The van der Waals surface area contributed by atoms with Crippen molar-refractivity contribution in [3.05, 3.63) is 95.8 Å². The molecule has 4 amide bonds. The number of anilines is 1. The van der Waals surface area contributed by atoms with E-state index in [1.807, 2.05) is 59.3 Å². The van der Waals surface area contributed by atoms with Crippen LogP contribution in [-0.2, 0) is 30.3 Å². The quantitative estimate of drug-likeness (QED) is 0.0801. The van der Waals surface area contributed by atoms with Gasteiger partial charge in [0.25, 0.3) is 11.8 Å². The standard InChI is InChI=1S/C46H50N8O8/c47-42-40-41(31-11-13-35(14-12-31)62-34-8-2-1-3-9-34)51-54(43(40)49-29-48-42)32-18-21-52(22-19-32)20-4-5-23-60-24-6-7-25-61-28-33(55)26-30-10-15-36-37(27-30)46(59)53(45(36)58)38-16-17-39(56)50-44(38)57/h1-3,8-15,27,29,32,38H,4-7,16-26,28H2,(H2,47,48,49)(H,50,56,57). The third kappa shape index (κ3) is 9.72. The van der Waals surface area contributed by atoms with Gasteiger partial charge in [-0.2, -0.15) is 5.10 Å². The van der Waals surface area contributed by atoms with E-state index in [1.54, 1.807) is 6.07 Å². The first kappa shape index (κ1) is 42.3. The molecule has 1 unspecified atom stereocenters. The van der Waals surface area contributed by atoms with E-state index >= 15 is 0 Å². The number of piperidine rings is 2. The first-order valence-corrected chi connectivity index (χ1v) is 21.3. The van der Waals surface area contributed by atoms with Gasteiger partial charge < -0.3 is 24.8 Å². The molecule has 0 radical (unpaired) electrons. The number of benzene rings is 3. The highest BCUT2D eigenvalue weighted by Gasteiger charge is 2.44. The Morgan fingerprint density at radius 2 is 1.50 bits per heavy atom. The molecule has 2 fully saturated rings. The number of rotatable bonds is 19. The summed E-state index contributed by atoms with van der Waals surface area (Å²) in [5, 5.41) is 8.01. The summed E-state index contributed by atoms with van der Waals surface area (Å²) in [7, 11) is 0. The monoisotopic (exact) mass is 842 g/mol. The highest BCUT2D eigenvalue weighted by atomic mass is 16.5. The maximum absolute atomic E-state index is 13.1. The Labute approximate surface area is 358 Å². The number of ether oxygens (including phenoxy) is 3. The second-order valence-electron chi connectivity index (χ2n) is 15.9. The van der Waals surface area contributed by atoms with Crippen molar-refractivity contribution in [2.24, 2.45) is 0 Å². The van der Waals surface area contributed by atoms with Crippen LogP contribution in [0.3, 0.4) is 0 Å². The van der Waals surface area contributed by atoms with Crippen LogP contribution in [0.25, 0.3) is 22.3 Å². The summed E-state index contributed by atoms with van der Waals surface area (Å²) in [5.41, 5.74) is 9.74. The van der Waals surface area contributed by atoms with Crippen molar-refractivity contribution in [1.82, 2.24) is 34.9 Å². The molecule has 1 atom stereocenters. The van der Waals surface area contributed by atoms with Crippen LogP contribution in [0, 0.1) is 0 Å². The highest BCUT2D eigenvalue weighted by Crippen LogP contribution is 2.35. The number of carbonyl (C=O) groups is 5. The zero-order valence-electron chi connectivity index (χ0n) is 34.5. The number of nitrogens with one attached hydrogen (secondary N) is 1. The number of ketones is 1. The zero-order chi connectivity index (χ0) is 43.0. The molecule has 62 heavy (non-hydrogen) atoms. The summed E-state index contributed by atoms with van der Waals surface area (Å²) < 4.78 is 19.5. The molecule has 16 heteroatoms. The number of nitrogens with zero attached hydrogens (tertiary/aromatic N) is 6. The Morgan fingerprint density at radius 3 is 2.26 bits per heavy atom. The molecule has 16 nitrogen and oxygen atoms in total. The zero-order valence-corrected chi connectivity index (χ0v) is 34.5.